The van der Waals surface area contributed by atoms with Crippen LogP contribution in [0.1, 0.15) is 23.9 Å². The maximum Gasteiger partial charge on any atom is 0.246 e. The van der Waals surface area contributed by atoms with E-state index in [-0.39, 0.29) is 12.5 Å². The molecule has 0 radical (unpaired) electrons. The first kappa shape index (κ1) is 14.1. The van der Waals surface area contributed by atoms with Crippen molar-refractivity contribution in [3.05, 3.63) is 41.2 Å². The highest BCUT2D eigenvalue weighted by Gasteiger charge is 2.13. The maximum atomic E-state index is 12.1. The van der Waals surface area contributed by atoms with Crippen LogP contribution in [-0.4, -0.2) is 15.7 Å². The number of aryl methyl sites for hydroxylation is 1. The number of amides is 1. The Balaban J connectivity index is 2.11. The van der Waals surface area contributed by atoms with Crippen LogP contribution in [0.25, 0.3) is 0 Å². The van der Waals surface area contributed by atoms with E-state index < -0.39 is 0 Å². The zero-order valence-corrected chi connectivity index (χ0v) is 12.1. The molecule has 0 unspecified atom stereocenters. The molecule has 1 aromatic heterocycles. The summed E-state index contributed by atoms with van der Waals surface area (Å²) in [6, 6.07) is 7.21. The number of nitrogens with two attached hydrogens (primary N) is 1. The predicted octanol–water partition coefficient (Wildman–Crippen LogP) is 2.28. The summed E-state index contributed by atoms with van der Waals surface area (Å²) in [5.41, 5.74) is 10.2. The molecule has 0 aliphatic carbocycles. The van der Waals surface area contributed by atoms with Crippen molar-refractivity contribution in [1.82, 2.24) is 9.78 Å². The summed E-state index contributed by atoms with van der Waals surface area (Å²) in [6.45, 7) is 6.24. The second-order valence-corrected chi connectivity index (χ2v) is 4.80. The molecule has 1 amide bonds. The third-order valence-corrected chi connectivity index (χ3v) is 3.41. The van der Waals surface area contributed by atoms with Crippen LogP contribution in [0, 0.1) is 13.8 Å². The van der Waals surface area contributed by atoms with E-state index in [4.69, 9.17) is 5.73 Å². The van der Waals surface area contributed by atoms with Gasteiger partial charge in [-0.25, -0.2) is 0 Å². The third kappa shape index (κ3) is 2.82. The molecule has 0 spiro atoms. The zero-order valence-electron chi connectivity index (χ0n) is 12.1. The number of carbonyl (C=O) groups is 1. The van der Waals surface area contributed by atoms with Gasteiger partial charge in [-0.2, -0.15) is 5.10 Å². The van der Waals surface area contributed by atoms with Crippen LogP contribution < -0.4 is 11.1 Å². The summed E-state index contributed by atoms with van der Waals surface area (Å²) < 4.78 is 1.74. The lowest BCUT2D eigenvalue weighted by Crippen LogP contribution is -2.21. The molecule has 0 saturated heterocycles. The largest absolute Gasteiger partial charge is 0.397 e. The number of carbonyl (C=O) groups excluding carboxylic acids is 1. The van der Waals surface area contributed by atoms with Crippen LogP contribution in [0.4, 0.5) is 11.4 Å². The van der Waals surface area contributed by atoms with Gasteiger partial charge in [0.05, 0.1) is 17.1 Å². The van der Waals surface area contributed by atoms with Gasteiger partial charge in [-0.05, 0) is 38.0 Å². The van der Waals surface area contributed by atoms with Crippen molar-refractivity contribution in [2.75, 3.05) is 11.1 Å². The second-order valence-electron chi connectivity index (χ2n) is 4.80. The number of hydrogen-bond donors (Lipinski definition) is 2. The summed E-state index contributed by atoms with van der Waals surface area (Å²) in [6.07, 6.45) is 0.922. The van der Waals surface area contributed by atoms with E-state index in [1.54, 1.807) is 16.8 Å². The fraction of sp³-hybridized carbons (Fsp3) is 0.333. The Bertz CT molecular complexity index is 631. The second kappa shape index (κ2) is 5.77. The van der Waals surface area contributed by atoms with Gasteiger partial charge in [0.15, 0.2) is 0 Å². The number of para-hydroxylation sites is 2. The van der Waals surface area contributed by atoms with E-state index in [0.29, 0.717) is 11.4 Å². The number of anilines is 2. The standard InChI is InChI=1S/C15H20N4O/c1-4-12-10(2)18-19(11(12)3)9-15(20)17-14-8-6-5-7-13(14)16/h5-8H,4,9,16H2,1-3H3,(H,17,20). The average Bonchev–Trinajstić information content (AvgIpc) is 2.67. The first-order valence-electron chi connectivity index (χ1n) is 6.70. The van der Waals surface area contributed by atoms with Crippen LogP contribution >= 0.6 is 0 Å². The van der Waals surface area contributed by atoms with Crippen molar-refractivity contribution < 1.29 is 4.79 Å². The third-order valence-electron chi connectivity index (χ3n) is 3.41. The number of nitrogens with zero attached hydrogens (tertiary/aromatic N) is 2. The molecular weight excluding hydrogens is 252 g/mol. The predicted molar refractivity (Wildman–Crippen MR) is 80.6 cm³/mol. The molecule has 2 rings (SSSR count). The Kier molecular flexibility index (Phi) is 4.08. The van der Waals surface area contributed by atoms with E-state index >= 15 is 0 Å². The number of nitrogen functional groups attached to an aromatic ring is 1. The Hall–Kier alpha value is -2.30. The van der Waals surface area contributed by atoms with Crippen LogP contribution in [0.15, 0.2) is 24.3 Å². The molecule has 0 aliphatic heterocycles. The topological polar surface area (TPSA) is 72.9 Å². The first-order chi connectivity index (χ1) is 9.52. The van der Waals surface area contributed by atoms with Crippen LogP contribution in [0.3, 0.4) is 0 Å². The minimum absolute atomic E-state index is 0.129. The van der Waals surface area contributed by atoms with Gasteiger partial charge in [0, 0.05) is 5.69 Å². The molecule has 20 heavy (non-hydrogen) atoms. The van der Waals surface area contributed by atoms with E-state index in [1.807, 2.05) is 26.0 Å². The summed E-state index contributed by atoms with van der Waals surface area (Å²) >= 11 is 0. The summed E-state index contributed by atoms with van der Waals surface area (Å²) in [4.78, 5) is 12.1. The highest BCUT2D eigenvalue weighted by Crippen LogP contribution is 2.17. The minimum Gasteiger partial charge on any atom is -0.397 e. The molecule has 1 aromatic carbocycles. The van der Waals surface area contributed by atoms with Crippen molar-refractivity contribution in [1.29, 1.82) is 0 Å². The van der Waals surface area contributed by atoms with Crippen molar-refractivity contribution in [2.45, 2.75) is 33.7 Å². The molecule has 1 heterocycles. The van der Waals surface area contributed by atoms with Crippen molar-refractivity contribution >= 4 is 17.3 Å². The van der Waals surface area contributed by atoms with E-state index in [0.717, 1.165) is 17.8 Å². The van der Waals surface area contributed by atoms with Crippen molar-refractivity contribution in [3.8, 4) is 0 Å². The van der Waals surface area contributed by atoms with Gasteiger partial charge in [0.25, 0.3) is 0 Å². The lowest BCUT2D eigenvalue weighted by atomic mass is 10.1. The zero-order chi connectivity index (χ0) is 14.7. The van der Waals surface area contributed by atoms with Gasteiger partial charge in [0.1, 0.15) is 6.54 Å². The van der Waals surface area contributed by atoms with Crippen LogP contribution in [0.2, 0.25) is 0 Å². The van der Waals surface area contributed by atoms with E-state index in [1.165, 1.54) is 5.56 Å². The Morgan fingerprint density at radius 1 is 1.35 bits per heavy atom. The van der Waals surface area contributed by atoms with Gasteiger partial charge in [-0.15, -0.1) is 0 Å². The van der Waals surface area contributed by atoms with E-state index in [2.05, 4.69) is 17.3 Å². The lowest BCUT2D eigenvalue weighted by Gasteiger charge is -2.09. The van der Waals surface area contributed by atoms with Gasteiger partial charge < -0.3 is 11.1 Å². The molecule has 106 valence electrons. The van der Waals surface area contributed by atoms with Crippen LogP contribution in [0.5, 0.6) is 0 Å². The molecule has 0 bridgehead atoms. The molecule has 0 atom stereocenters. The van der Waals surface area contributed by atoms with Crippen molar-refractivity contribution in [3.63, 3.8) is 0 Å². The highest BCUT2D eigenvalue weighted by molar-refractivity contribution is 5.93. The minimum atomic E-state index is -0.129. The number of aromatic nitrogens is 2. The molecule has 2 aromatic rings. The smallest absolute Gasteiger partial charge is 0.246 e. The normalized spacial score (nSPS) is 10.6. The maximum absolute atomic E-state index is 12.1. The summed E-state index contributed by atoms with van der Waals surface area (Å²) in [5.74, 6) is -0.129. The Morgan fingerprint density at radius 2 is 2.05 bits per heavy atom. The number of nitrogens with one attached hydrogen (secondary N) is 1. The van der Waals surface area contributed by atoms with E-state index in [9.17, 15) is 4.79 Å². The number of benzene rings is 1. The Labute approximate surface area is 118 Å². The monoisotopic (exact) mass is 272 g/mol. The molecule has 3 N–H and O–H groups in total. The Morgan fingerprint density at radius 3 is 2.65 bits per heavy atom. The van der Waals surface area contributed by atoms with Gasteiger partial charge >= 0.3 is 0 Å². The van der Waals surface area contributed by atoms with Crippen LogP contribution in [-0.2, 0) is 17.8 Å². The van der Waals surface area contributed by atoms with Gasteiger partial charge in [0.2, 0.25) is 5.91 Å². The number of hydrogen-bond acceptors (Lipinski definition) is 3. The lowest BCUT2D eigenvalue weighted by molar-refractivity contribution is -0.116. The van der Waals surface area contributed by atoms with Gasteiger partial charge in [-0.1, -0.05) is 19.1 Å². The molecular formula is C15H20N4O. The molecule has 0 fully saturated rings. The summed E-state index contributed by atoms with van der Waals surface area (Å²) in [7, 11) is 0. The first-order valence-corrected chi connectivity index (χ1v) is 6.70. The van der Waals surface area contributed by atoms with Crippen molar-refractivity contribution in [2.24, 2.45) is 0 Å². The molecule has 0 saturated carbocycles. The fourth-order valence-electron chi connectivity index (χ4n) is 2.34. The number of rotatable bonds is 4. The highest BCUT2D eigenvalue weighted by atomic mass is 16.2. The summed E-state index contributed by atoms with van der Waals surface area (Å²) in [5, 5.41) is 7.22. The SMILES string of the molecule is CCc1c(C)nn(CC(=O)Nc2ccccc2N)c1C. The molecule has 5 heteroatoms. The molecule has 5 nitrogen and oxygen atoms in total. The molecule has 0 aliphatic rings. The quantitative estimate of drug-likeness (QED) is 0.839. The van der Waals surface area contributed by atoms with Gasteiger partial charge in [-0.3, -0.25) is 9.48 Å². The average molecular weight is 272 g/mol. The fourth-order valence-corrected chi connectivity index (χ4v) is 2.34.